The molecule has 0 radical (unpaired) electrons. The molecule has 4 nitrogen and oxygen atoms in total. The van der Waals surface area contributed by atoms with E-state index >= 15 is 0 Å². The van der Waals surface area contributed by atoms with Crippen LogP contribution in [-0.4, -0.2) is 49.6 Å². The van der Waals surface area contributed by atoms with Gasteiger partial charge in [0.05, 0.1) is 11.4 Å². The Kier molecular flexibility index (Phi) is 4.36. The van der Waals surface area contributed by atoms with E-state index in [9.17, 15) is 0 Å². The highest BCUT2D eigenvalue weighted by molar-refractivity contribution is 7.99. The van der Waals surface area contributed by atoms with E-state index in [4.69, 9.17) is 5.73 Å². The van der Waals surface area contributed by atoms with Crippen LogP contribution in [0.25, 0.3) is 0 Å². The first-order valence-corrected chi connectivity index (χ1v) is 7.27. The number of thioether (sulfide) groups is 1. The first-order valence-electron chi connectivity index (χ1n) is 6.11. The summed E-state index contributed by atoms with van der Waals surface area (Å²) in [6, 6.07) is 8.21. The van der Waals surface area contributed by atoms with Gasteiger partial charge in [-0.1, -0.05) is 12.1 Å². The van der Waals surface area contributed by atoms with Crippen molar-refractivity contribution in [3.05, 3.63) is 24.3 Å². The molecule has 0 amide bonds. The van der Waals surface area contributed by atoms with Gasteiger partial charge in [0, 0.05) is 38.7 Å². The van der Waals surface area contributed by atoms with Gasteiger partial charge in [0.15, 0.2) is 5.96 Å². The average Bonchev–Trinajstić information content (AvgIpc) is 2.40. The Balaban J connectivity index is 2.27. The fourth-order valence-corrected chi connectivity index (χ4v) is 2.76. The Morgan fingerprint density at radius 2 is 1.94 bits per heavy atom. The van der Waals surface area contributed by atoms with Crippen LogP contribution in [0.3, 0.4) is 0 Å². The van der Waals surface area contributed by atoms with E-state index < -0.39 is 0 Å². The molecule has 2 N–H and O–H groups in total. The second-order valence-corrected chi connectivity index (χ2v) is 5.68. The molecule has 0 unspecified atom stereocenters. The summed E-state index contributed by atoms with van der Waals surface area (Å²) in [5, 5.41) is 0. The van der Waals surface area contributed by atoms with Gasteiger partial charge in [0.1, 0.15) is 0 Å². The van der Waals surface area contributed by atoms with Crippen LogP contribution in [0.4, 0.5) is 11.4 Å². The monoisotopic (exact) mass is 264 g/mol. The van der Waals surface area contributed by atoms with E-state index in [0.717, 1.165) is 18.8 Å². The number of hydrogen-bond donors (Lipinski definition) is 1. The van der Waals surface area contributed by atoms with E-state index in [2.05, 4.69) is 22.0 Å². The topological polar surface area (TPSA) is 44.9 Å². The lowest BCUT2D eigenvalue weighted by atomic mass is 10.2. The Morgan fingerprint density at radius 3 is 2.61 bits per heavy atom. The molecule has 2 rings (SSSR count). The standard InChI is InChI=1S/C13H20N4S/c1-16(2)13(14)15-11-5-3-4-6-12(11)17-7-9-18-10-8-17/h3-6H,7-10H2,1-2H3,(H2,14,15). The van der Waals surface area contributed by atoms with Gasteiger partial charge in [-0.05, 0) is 12.1 Å². The summed E-state index contributed by atoms with van der Waals surface area (Å²) in [7, 11) is 3.80. The predicted molar refractivity (Wildman–Crippen MR) is 80.9 cm³/mol. The van der Waals surface area contributed by atoms with E-state index in [1.807, 2.05) is 42.9 Å². The van der Waals surface area contributed by atoms with Gasteiger partial charge >= 0.3 is 0 Å². The molecule has 18 heavy (non-hydrogen) atoms. The van der Waals surface area contributed by atoms with Crippen molar-refractivity contribution in [3.63, 3.8) is 0 Å². The van der Waals surface area contributed by atoms with E-state index in [-0.39, 0.29) is 0 Å². The number of aliphatic imine (C=N–C) groups is 1. The number of rotatable bonds is 2. The number of nitrogens with two attached hydrogens (primary N) is 1. The van der Waals surface area contributed by atoms with Gasteiger partial charge in [-0.2, -0.15) is 11.8 Å². The van der Waals surface area contributed by atoms with Crippen molar-refractivity contribution in [1.82, 2.24) is 4.90 Å². The Bertz CT molecular complexity index is 425. The normalized spacial score (nSPS) is 16.8. The highest BCUT2D eigenvalue weighted by Crippen LogP contribution is 2.30. The zero-order valence-corrected chi connectivity index (χ0v) is 11.8. The molecular formula is C13H20N4S. The molecule has 1 fully saturated rings. The number of hydrogen-bond acceptors (Lipinski definition) is 3. The van der Waals surface area contributed by atoms with Gasteiger partial charge in [-0.3, -0.25) is 0 Å². The molecule has 1 aliphatic rings. The molecule has 1 heterocycles. The van der Waals surface area contributed by atoms with Crippen molar-refractivity contribution in [3.8, 4) is 0 Å². The lowest BCUT2D eigenvalue weighted by Gasteiger charge is -2.29. The van der Waals surface area contributed by atoms with Crippen molar-refractivity contribution < 1.29 is 0 Å². The largest absolute Gasteiger partial charge is 0.370 e. The van der Waals surface area contributed by atoms with Crippen molar-refractivity contribution in [2.75, 3.05) is 43.6 Å². The number of nitrogens with zero attached hydrogens (tertiary/aromatic N) is 3. The lowest BCUT2D eigenvalue weighted by molar-refractivity contribution is 0.614. The van der Waals surface area contributed by atoms with Crippen molar-refractivity contribution in [1.29, 1.82) is 0 Å². The predicted octanol–water partition coefficient (Wildman–Crippen LogP) is 1.75. The van der Waals surface area contributed by atoms with Gasteiger partial charge in [0.2, 0.25) is 0 Å². The zero-order chi connectivity index (χ0) is 13.0. The van der Waals surface area contributed by atoms with Crippen LogP contribution in [0, 0.1) is 0 Å². The maximum Gasteiger partial charge on any atom is 0.196 e. The first-order chi connectivity index (χ1) is 8.68. The summed E-state index contributed by atoms with van der Waals surface area (Å²) in [5.41, 5.74) is 8.04. The maximum atomic E-state index is 5.90. The minimum Gasteiger partial charge on any atom is -0.370 e. The van der Waals surface area contributed by atoms with Crippen LogP contribution in [-0.2, 0) is 0 Å². The number of benzene rings is 1. The highest BCUT2D eigenvalue weighted by atomic mass is 32.2. The van der Waals surface area contributed by atoms with Crippen molar-refractivity contribution in [2.45, 2.75) is 0 Å². The first kappa shape index (κ1) is 13.1. The molecule has 1 aromatic rings. The second-order valence-electron chi connectivity index (χ2n) is 4.45. The molecule has 1 saturated heterocycles. The summed E-state index contributed by atoms with van der Waals surface area (Å²) in [5.74, 6) is 2.90. The third-order valence-corrected chi connectivity index (χ3v) is 3.87. The average molecular weight is 264 g/mol. The molecule has 0 saturated carbocycles. The summed E-state index contributed by atoms with van der Waals surface area (Å²) >= 11 is 2.01. The fraction of sp³-hybridized carbons (Fsp3) is 0.462. The molecule has 0 aromatic heterocycles. The molecule has 5 heteroatoms. The van der Waals surface area contributed by atoms with Crippen molar-refractivity contribution >= 4 is 29.1 Å². The Hall–Kier alpha value is -1.36. The third-order valence-electron chi connectivity index (χ3n) is 2.93. The third kappa shape index (κ3) is 3.10. The summed E-state index contributed by atoms with van der Waals surface area (Å²) < 4.78 is 0. The van der Waals surface area contributed by atoms with E-state index in [0.29, 0.717) is 5.96 Å². The zero-order valence-electron chi connectivity index (χ0n) is 11.0. The molecule has 0 spiro atoms. The van der Waals surface area contributed by atoms with Crippen LogP contribution in [0.2, 0.25) is 0 Å². The second kappa shape index (κ2) is 6.00. The highest BCUT2D eigenvalue weighted by Gasteiger charge is 2.14. The fourth-order valence-electron chi connectivity index (χ4n) is 1.85. The van der Waals surface area contributed by atoms with Crippen LogP contribution in [0.1, 0.15) is 0 Å². The van der Waals surface area contributed by atoms with Gasteiger partial charge < -0.3 is 15.5 Å². The number of para-hydroxylation sites is 2. The van der Waals surface area contributed by atoms with Crippen LogP contribution >= 0.6 is 11.8 Å². The van der Waals surface area contributed by atoms with Gasteiger partial charge in [0.25, 0.3) is 0 Å². The van der Waals surface area contributed by atoms with Crippen LogP contribution in [0.5, 0.6) is 0 Å². The summed E-state index contributed by atoms with van der Waals surface area (Å²) in [4.78, 5) is 8.72. The van der Waals surface area contributed by atoms with Crippen molar-refractivity contribution in [2.24, 2.45) is 10.7 Å². The van der Waals surface area contributed by atoms with Crippen LogP contribution in [0.15, 0.2) is 29.3 Å². The van der Waals surface area contributed by atoms with E-state index in [1.165, 1.54) is 17.2 Å². The quantitative estimate of drug-likeness (QED) is 0.653. The minimum absolute atomic E-state index is 0.536. The molecule has 98 valence electrons. The van der Waals surface area contributed by atoms with Gasteiger partial charge in [-0.25, -0.2) is 4.99 Å². The minimum atomic E-state index is 0.536. The SMILES string of the molecule is CN(C)C(N)=Nc1ccccc1N1CCSCC1. The summed E-state index contributed by atoms with van der Waals surface area (Å²) in [6.45, 7) is 2.16. The lowest BCUT2D eigenvalue weighted by Crippen LogP contribution is -2.33. The molecule has 1 aliphatic heterocycles. The van der Waals surface area contributed by atoms with Gasteiger partial charge in [-0.15, -0.1) is 0 Å². The molecule has 1 aromatic carbocycles. The molecule has 0 bridgehead atoms. The number of guanidine groups is 1. The molecule has 0 aliphatic carbocycles. The Labute approximate surface area is 113 Å². The maximum absolute atomic E-state index is 5.90. The smallest absolute Gasteiger partial charge is 0.196 e. The summed E-state index contributed by atoms with van der Waals surface area (Å²) in [6.07, 6.45) is 0. The Morgan fingerprint density at radius 1 is 1.28 bits per heavy atom. The van der Waals surface area contributed by atoms with Crippen LogP contribution < -0.4 is 10.6 Å². The van der Waals surface area contributed by atoms with E-state index in [1.54, 1.807) is 0 Å². The molecule has 0 atom stereocenters. The number of anilines is 1. The molecular weight excluding hydrogens is 244 g/mol.